The number of benzene rings is 1. The number of Topliss-reactive ketones (excluding diaryl/α,β-unsaturated/α-hetero) is 1. The van der Waals surface area contributed by atoms with E-state index in [1.165, 1.54) is 0 Å². The van der Waals surface area contributed by atoms with Gasteiger partial charge in [-0.05, 0) is 81.9 Å². The number of nitrogens with zero attached hydrogens (tertiary/aromatic N) is 3. The normalized spacial score (nSPS) is 18.1. The highest BCUT2D eigenvalue weighted by molar-refractivity contribution is 6.46. The van der Waals surface area contributed by atoms with Gasteiger partial charge in [-0.2, -0.15) is 0 Å². The molecule has 1 unspecified atom stereocenters. The molecule has 1 aromatic heterocycles. The van der Waals surface area contributed by atoms with Crippen LogP contribution >= 0.6 is 0 Å². The molecule has 0 saturated carbocycles. The van der Waals surface area contributed by atoms with E-state index in [-0.39, 0.29) is 11.3 Å². The van der Waals surface area contributed by atoms with Gasteiger partial charge in [0.05, 0.1) is 18.7 Å². The van der Waals surface area contributed by atoms with Crippen LogP contribution in [0.2, 0.25) is 0 Å². The number of aromatic nitrogens is 1. The van der Waals surface area contributed by atoms with Crippen LogP contribution < -0.4 is 4.74 Å². The average molecular weight is 424 g/mol. The van der Waals surface area contributed by atoms with E-state index in [2.05, 4.69) is 4.98 Å². The van der Waals surface area contributed by atoms with Gasteiger partial charge in [0.25, 0.3) is 11.7 Å². The zero-order chi connectivity index (χ0) is 22.7. The van der Waals surface area contributed by atoms with E-state index in [9.17, 15) is 14.7 Å². The van der Waals surface area contributed by atoms with Gasteiger partial charge in [-0.15, -0.1) is 0 Å². The highest BCUT2D eigenvalue weighted by Crippen LogP contribution is 2.40. The van der Waals surface area contributed by atoms with Crippen LogP contribution in [0.15, 0.2) is 42.2 Å². The van der Waals surface area contributed by atoms with Crippen LogP contribution in [-0.4, -0.2) is 65.9 Å². The molecule has 2 aromatic rings. The van der Waals surface area contributed by atoms with Crippen molar-refractivity contribution in [3.63, 3.8) is 0 Å². The lowest BCUT2D eigenvalue weighted by Crippen LogP contribution is -2.32. The molecule has 3 rings (SSSR count). The Balaban J connectivity index is 2.13. The molecule has 7 heteroatoms. The first-order valence-electron chi connectivity index (χ1n) is 10.2. The first-order valence-corrected chi connectivity index (χ1v) is 10.2. The third kappa shape index (κ3) is 4.46. The van der Waals surface area contributed by atoms with Gasteiger partial charge in [-0.3, -0.25) is 14.6 Å². The maximum atomic E-state index is 13.1. The van der Waals surface area contributed by atoms with E-state index >= 15 is 0 Å². The van der Waals surface area contributed by atoms with Gasteiger partial charge < -0.3 is 19.6 Å². The molecule has 1 amide bonds. The number of carbonyl (C=O) groups is 2. The van der Waals surface area contributed by atoms with Crippen molar-refractivity contribution in [2.75, 3.05) is 34.3 Å². The fraction of sp³-hybridized carbons (Fsp3) is 0.375. The number of amides is 1. The average Bonchev–Trinajstić information content (AvgIpc) is 3.00. The van der Waals surface area contributed by atoms with E-state index in [0.717, 1.165) is 23.2 Å². The lowest BCUT2D eigenvalue weighted by atomic mass is 9.93. The molecule has 1 saturated heterocycles. The van der Waals surface area contributed by atoms with Gasteiger partial charge in [0.15, 0.2) is 0 Å². The Bertz CT molecular complexity index is 1010. The fourth-order valence-electron chi connectivity index (χ4n) is 3.97. The van der Waals surface area contributed by atoms with Crippen LogP contribution in [0.25, 0.3) is 5.76 Å². The van der Waals surface area contributed by atoms with Crippen LogP contribution in [0, 0.1) is 13.8 Å². The summed E-state index contributed by atoms with van der Waals surface area (Å²) in [5, 5.41) is 11.3. The van der Waals surface area contributed by atoms with E-state index in [1.807, 2.05) is 38.9 Å². The standard InChI is InChI=1S/C24H29N3O4/c1-15-14-19(31-5)16(2)13-18(15)22(28)20-21(17-7-9-25-10-8-17)27(24(30)23(20)29)12-6-11-26(3)4/h7-10,13-14,21,28H,6,11-12H2,1-5H3/b22-20+. The van der Waals surface area contributed by atoms with Gasteiger partial charge in [0.1, 0.15) is 11.5 Å². The molecule has 0 radical (unpaired) electrons. The number of rotatable bonds is 7. The highest BCUT2D eigenvalue weighted by atomic mass is 16.5. The lowest BCUT2D eigenvalue weighted by molar-refractivity contribution is -0.139. The van der Waals surface area contributed by atoms with Crippen LogP contribution in [0.4, 0.5) is 0 Å². The zero-order valence-corrected chi connectivity index (χ0v) is 18.7. The molecule has 0 aliphatic carbocycles. The summed E-state index contributed by atoms with van der Waals surface area (Å²) < 4.78 is 5.36. The third-order valence-electron chi connectivity index (χ3n) is 5.56. The van der Waals surface area contributed by atoms with Gasteiger partial charge in [0, 0.05) is 24.5 Å². The summed E-state index contributed by atoms with van der Waals surface area (Å²) in [6.45, 7) is 4.90. The summed E-state index contributed by atoms with van der Waals surface area (Å²) in [6.07, 6.45) is 3.96. The van der Waals surface area contributed by atoms with Crippen molar-refractivity contribution in [1.29, 1.82) is 0 Å². The summed E-state index contributed by atoms with van der Waals surface area (Å²) >= 11 is 0. The summed E-state index contributed by atoms with van der Waals surface area (Å²) in [6, 6.07) is 6.49. The summed E-state index contributed by atoms with van der Waals surface area (Å²) in [7, 11) is 5.51. The molecule has 0 bridgehead atoms. The second-order valence-electron chi connectivity index (χ2n) is 8.07. The molecular weight excluding hydrogens is 394 g/mol. The predicted octanol–water partition coefficient (Wildman–Crippen LogP) is 3.08. The first kappa shape index (κ1) is 22.5. The number of methoxy groups -OCH3 is 1. The molecule has 164 valence electrons. The molecule has 31 heavy (non-hydrogen) atoms. The van der Waals surface area contributed by atoms with Gasteiger partial charge in [-0.25, -0.2) is 0 Å². The number of likely N-dealkylation sites (tertiary alicyclic amines) is 1. The van der Waals surface area contributed by atoms with Crippen molar-refractivity contribution >= 4 is 17.4 Å². The van der Waals surface area contributed by atoms with E-state index in [0.29, 0.717) is 24.3 Å². The maximum Gasteiger partial charge on any atom is 0.295 e. The number of aliphatic hydroxyl groups is 1. The van der Waals surface area contributed by atoms with Crippen molar-refractivity contribution in [3.8, 4) is 5.75 Å². The number of hydrogen-bond donors (Lipinski definition) is 1. The smallest absolute Gasteiger partial charge is 0.295 e. The van der Waals surface area contributed by atoms with Gasteiger partial charge in [-0.1, -0.05) is 0 Å². The first-order chi connectivity index (χ1) is 14.8. The molecule has 1 aliphatic heterocycles. The number of hydrogen-bond acceptors (Lipinski definition) is 6. The predicted molar refractivity (Wildman–Crippen MR) is 119 cm³/mol. The molecule has 7 nitrogen and oxygen atoms in total. The third-order valence-corrected chi connectivity index (χ3v) is 5.56. The van der Waals surface area contributed by atoms with Crippen LogP contribution in [0.3, 0.4) is 0 Å². The molecule has 1 aromatic carbocycles. The minimum absolute atomic E-state index is 0.105. The molecule has 1 fully saturated rings. The zero-order valence-electron chi connectivity index (χ0n) is 18.7. The van der Waals surface area contributed by atoms with E-state index in [1.54, 1.807) is 42.6 Å². The molecule has 1 atom stereocenters. The second-order valence-corrected chi connectivity index (χ2v) is 8.07. The lowest BCUT2D eigenvalue weighted by Gasteiger charge is -2.26. The topological polar surface area (TPSA) is 83.0 Å². The highest BCUT2D eigenvalue weighted by Gasteiger charge is 2.45. The maximum absolute atomic E-state index is 13.1. The van der Waals surface area contributed by atoms with Crippen LogP contribution in [0.5, 0.6) is 5.75 Å². The molecule has 2 heterocycles. The monoisotopic (exact) mass is 423 g/mol. The molecule has 0 spiro atoms. The van der Waals surface area contributed by atoms with Crippen LogP contribution in [0.1, 0.15) is 34.7 Å². The quantitative estimate of drug-likeness (QED) is 0.419. The van der Waals surface area contributed by atoms with Gasteiger partial charge in [0.2, 0.25) is 0 Å². The number of aryl methyl sites for hydroxylation is 2. The van der Waals surface area contributed by atoms with Crippen molar-refractivity contribution in [2.45, 2.75) is 26.3 Å². The fourth-order valence-corrected chi connectivity index (χ4v) is 3.97. The van der Waals surface area contributed by atoms with Crippen molar-refractivity contribution in [2.24, 2.45) is 0 Å². The summed E-state index contributed by atoms with van der Waals surface area (Å²) in [5.41, 5.74) is 2.95. The number of ether oxygens (including phenoxy) is 1. The molecular formula is C24H29N3O4. The van der Waals surface area contributed by atoms with Crippen molar-refractivity contribution in [1.82, 2.24) is 14.8 Å². The van der Waals surface area contributed by atoms with E-state index < -0.39 is 17.7 Å². The minimum Gasteiger partial charge on any atom is -0.507 e. The van der Waals surface area contributed by atoms with Crippen molar-refractivity contribution in [3.05, 3.63) is 64.5 Å². The minimum atomic E-state index is -0.669. The Morgan fingerprint density at radius 3 is 2.45 bits per heavy atom. The number of ketones is 1. The Labute approximate surface area is 183 Å². The molecule has 1 N–H and O–H groups in total. The SMILES string of the molecule is COc1cc(C)c(/C(O)=C2\C(=O)C(=O)N(CCCN(C)C)C2c2ccncc2)cc1C. The summed E-state index contributed by atoms with van der Waals surface area (Å²) in [4.78, 5) is 33.6. The largest absolute Gasteiger partial charge is 0.507 e. The number of carbonyl (C=O) groups excluding carboxylic acids is 2. The Hall–Kier alpha value is -3.19. The van der Waals surface area contributed by atoms with E-state index in [4.69, 9.17) is 4.74 Å². The number of pyridine rings is 1. The Morgan fingerprint density at radius 1 is 1.16 bits per heavy atom. The summed E-state index contributed by atoms with van der Waals surface area (Å²) in [5.74, 6) is -0.732. The van der Waals surface area contributed by atoms with Crippen LogP contribution in [-0.2, 0) is 9.59 Å². The van der Waals surface area contributed by atoms with Crippen molar-refractivity contribution < 1.29 is 19.4 Å². The Kier molecular flexibility index (Phi) is 6.75. The second kappa shape index (κ2) is 9.31. The Morgan fingerprint density at radius 2 is 1.84 bits per heavy atom. The van der Waals surface area contributed by atoms with Gasteiger partial charge >= 0.3 is 0 Å². The molecule has 1 aliphatic rings. The number of aliphatic hydroxyl groups excluding tert-OH is 1.